The molecule has 13 heavy (non-hydrogen) atoms. The third kappa shape index (κ3) is 5.81. The Balaban J connectivity index is 3.64. The highest BCUT2D eigenvalue weighted by atomic mass is 16.1. The van der Waals surface area contributed by atoms with Gasteiger partial charge in [-0.2, -0.15) is 0 Å². The quantitative estimate of drug-likeness (QED) is 0.590. The molecule has 0 rings (SSSR count). The van der Waals surface area contributed by atoms with Crippen molar-refractivity contribution in [2.24, 2.45) is 11.7 Å². The number of nitrogens with two attached hydrogens (primary N) is 1. The largest absolute Gasteiger partial charge is 0.330 e. The highest BCUT2D eigenvalue weighted by Crippen LogP contribution is 2.11. The monoisotopic (exact) mass is 185 g/mol. The molecule has 0 aliphatic rings. The van der Waals surface area contributed by atoms with Gasteiger partial charge in [-0.15, -0.1) is 0 Å². The van der Waals surface area contributed by atoms with Crippen LogP contribution < -0.4 is 5.73 Å². The average Bonchev–Trinajstić information content (AvgIpc) is 2.14. The van der Waals surface area contributed by atoms with Crippen molar-refractivity contribution in [2.45, 2.75) is 52.4 Å². The zero-order chi connectivity index (χ0) is 10.1. The minimum atomic E-state index is 0.127. The van der Waals surface area contributed by atoms with E-state index in [2.05, 4.69) is 13.8 Å². The van der Waals surface area contributed by atoms with Gasteiger partial charge in [-0.1, -0.05) is 33.1 Å². The Morgan fingerprint density at radius 3 is 2.38 bits per heavy atom. The fourth-order valence-corrected chi connectivity index (χ4v) is 1.51. The van der Waals surface area contributed by atoms with Crippen molar-refractivity contribution in [3.05, 3.63) is 0 Å². The van der Waals surface area contributed by atoms with Crippen LogP contribution in [0.5, 0.6) is 0 Å². The van der Waals surface area contributed by atoms with Gasteiger partial charge in [0.15, 0.2) is 0 Å². The topological polar surface area (TPSA) is 43.1 Å². The smallest absolute Gasteiger partial charge is 0.137 e. The molecule has 0 bridgehead atoms. The van der Waals surface area contributed by atoms with Gasteiger partial charge in [-0.25, -0.2) is 0 Å². The number of ketones is 1. The lowest BCUT2D eigenvalue weighted by atomic mass is 9.95. The molecule has 0 heterocycles. The lowest BCUT2D eigenvalue weighted by Gasteiger charge is -2.11. The maximum Gasteiger partial charge on any atom is 0.137 e. The number of carbonyl (C=O) groups excluding carboxylic acids is 1. The minimum absolute atomic E-state index is 0.127. The van der Waals surface area contributed by atoms with Crippen LogP contribution in [0.2, 0.25) is 0 Å². The zero-order valence-corrected chi connectivity index (χ0v) is 9.01. The zero-order valence-electron chi connectivity index (χ0n) is 9.01. The Bertz CT molecular complexity index is 134. The first-order valence-electron chi connectivity index (χ1n) is 5.49. The number of carbonyl (C=O) groups is 1. The van der Waals surface area contributed by atoms with E-state index in [1.165, 1.54) is 6.42 Å². The lowest BCUT2D eigenvalue weighted by Crippen LogP contribution is -2.23. The van der Waals surface area contributed by atoms with Gasteiger partial charge in [0.1, 0.15) is 5.78 Å². The fraction of sp³-hybridized carbons (Fsp3) is 0.909. The summed E-state index contributed by atoms with van der Waals surface area (Å²) in [6.45, 7) is 4.78. The van der Waals surface area contributed by atoms with Crippen LogP contribution in [-0.2, 0) is 4.79 Å². The first-order valence-corrected chi connectivity index (χ1v) is 5.49. The summed E-state index contributed by atoms with van der Waals surface area (Å²) in [4.78, 5) is 11.6. The highest BCUT2D eigenvalue weighted by molar-refractivity contribution is 5.81. The standard InChI is InChI=1S/C11H23NO/c1-3-5-6-8-11(13)10(9-12)7-4-2/h10H,3-9,12H2,1-2H3. The van der Waals surface area contributed by atoms with Gasteiger partial charge in [0, 0.05) is 18.9 Å². The molecule has 0 amide bonds. The van der Waals surface area contributed by atoms with Crippen LogP contribution in [0.4, 0.5) is 0 Å². The van der Waals surface area contributed by atoms with Gasteiger partial charge in [-0.05, 0) is 12.8 Å². The molecule has 0 aromatic rings. The van der Waals surface area contributed by atoms with Crippen molar-refractivity contribution < 1.29 is 4.79 Å². The van der Waals surface area contributed by atoms with Gasteiger partial charge in [0.2, 0.25) is 0 Å². The molecule has 1 unspecified atom stereocenters. The van der Waals surface area contributed by atoms with Crippen molar-refractivity contribution >= 4 is 5.78 Å². The summed E-state index contributed by atoms with van der Waals surface area (Å²) in [5.41, 5.74) is 5.54. The highest BCUT2D eigenvalue weighted by Gasteiger charge is 2.14. The SMILES string of the molecule is CCCCCC(=O)C(CN)CCC. The maximum absolute atomic E-state index is 11.6. The molecule has 2 N–H and O–H groups in total. The van der Waals surface area contributed by atoms with Gasteiger partial charge in [0.05, 0.1) is 0 Å². The van der Waals surface area contributed by atoms with E-state index >= 15 is 0 Å². The van der Waals surface area contributed by atoms with E-state index in [0.717, 1.165) is 32.1 Å². The molecule has 2 nitrogen and oxygen atoms in total. The van der Waals surface area contributed by atoms with E-state index in [4.69, 9.17) is 5.73 Å². The predicted octanol–water partition coefficient (Wildman–Crippen LogP) is 2.51. The normalized spacial score (nSPS) is 12.8. The number of Topliss-reactive ketones (excluding diaryl/α,β-unsaturated/α-hetero) is 1. The summed E-state index contributed by atoms with van der Waals surface area (Å²) in [7, 11) is 0. The molecule has 0 saturated heterocycles. The molecular formula is C11H23NO. The van der Waals surface area contributed by atoms with Crippen LogP contribution in [0.25, 0.3) is 0 Å². The summed E-state index contributed by atoms with van der Waals surface area (Å²) < 4.78 is 0. The molecule has 0 aromatic carbocycles. The third-order valence-electron chi connectivity index (χ3n) is 2.40. The van der Waals surface area contributed by atoms with Crippen molar-refractivity contribution in [3.8, 4) is 0 Å². The third-order valence-corrected chi connectivity index (χ3v) is 2.40. The van der Waals surface area contributed by atoms with E-state index < -0.39 is 0 Å². The van der Waals surface area contributed by atoms with Crippen LogP contribution in [-0.4, -0.2) is 12.3 Å². The van der Waals surface area contributed by atoms with Crippen LogP contribution in [0.1, 0.15) is 52.4 Å². The Morgan fingerprint density at radius 1 is 1.23 bits per heavy atom. The number of hydrogen-bond acceptors (Lipinski definition) is 2. The molecule has 0 spiro atoms. The van der Waals surface area contributed by atoms with Gasteiger partial charge in [0.25, 0.3) is 0 Å². The Kier molecular flexibility index (Phi) is 8.00. The van der Waals surface area contributed by atoms with E-state index in [0.29, 0.717) is 12.3 Å². The first-order chi connectivity index (χ1) is 6.26. The van der Waals surface area contributed by atoms with Crippen molar-refractivity contribution in [1.82, 2.24) is 0 Å². The van der Waals surface area contributed by atoms with E-state index in [1.807, 2.05) is 0 Å². The molecule has 0 aliphatic carbocycles. The minimum Gasteiger partial charge on any atom is -0.330 e. The first kappa shape index (κ1) is 12.6. The van der Waals surface area contributed by atoms with Crippen LogP contribution in [0.15, 0.2) is 0 Å². The van der Waals surface area contributed by atoms with Crippen LogP contribution in [0, 0.1) is 5.92 Å². The van der Waals surface area contributed by atoms with Gasteiger partial charge >= 0.3 is 0 Å². The van der Waals surface area contributed by atoms with E-state index in [-0.39, 0.29) is 5.92 Å². The molecule has 0 aliphatic heterocycles. The van der Waals surface area contributed by atoms with Crippen molar-refractivity contribution in [1.29, 1.82) is 0 Å². The number of unbranched alkanes of at least 4 members (excludes halogenated alkanes) is 2. The molecule has 0 saturated carbocycles. The van der Waals surface area contributed by atoms with E-state index in [1.54, 1.807) is 0 Å². The second-order valence-corrected chi connectivity index (χ2v) is 3.64. The summed E-state index contributed by atoms with van der Waals surface area (Å²) in [5.74, 6) is 0.500. The summed E-state index contributed by atoms with van der Waals surface area (Å²) >= 11 is 0. The average molecular weight is 185 g/mol. The number of hydrogen-bond donors (Lipinski definition) is 1. The summed E-state index contributed by atoms with van der Waals surface area (Å²) in [6, 6.07) is 0. The molecule has 1 atom stereocenters. The number of rotatable bonds is 8. The molecular weight excluding hydrogens is 162 g/mol. The Hall–Kier alpha value is -0.370. The molecule has 0 radical (unpaired) electrons. The van der Waals surface area contributed by atoms with Crippen LogP contribution in [0.3, 0.4) is 0 Å². The summed E-state index contributed by atoms with van der Waals surface area (Å²) in [6.07, 6.45) is 6.12. The fourth-order valence-electron chi connectivity index (χ4n) is 1.51. The van der Waals surface area contributed by atoms with Crippen LogP contribution >= 0.6 is 0 Å². The van der Waals surface area contributed by atoms with Gasteiger partial charge in [-0.3, -0.25) is 4.79 Å². The second-order valence-electron chi connectivity index (χ2n) is 3.64. The summed E-state index contributed by atoms with van der Waals surface area (Å²) in [5, 5.41) is 0. The van der Waals surface area contributed by atoms with Crippen molar-refractivity contribution in [2.75, 3.05) is 6.54 Å². The maximum atomic E-state index is 11.6. The Labute approximate surface area is 81.9 Å². The predicted molar refractivity (Wildman–Crippen MR) is 56.6 cm³/mol. The second kappa shape index (κ2) is 8.24. The van der Waals surface area contributed by atoms with Crippen molar-refractivity contribution in [3.63, 3.8) is 0 Å². The molecule has 0 aromatic heterocycles. The lowest BCUT2D eigenvalue weighted by molar-refractivity contribution is -0.122. The Morgan fingerprint density at radius 2 is 1.92 bits per heavy atom. The van der Waals surface area contributed by atoms with Gasteiger partial charge < -0.3 is 5.73 Å². The van der Waals surface area contributed by atoms with E-state index in [9.17, 15) is 4.79 Å². The molecule has 0 fully saturated rings. The molecule has 2 heteroatoms. The molecule has 78 valence electrons.